The van der Waals surface area contributed by atoms with Gasteiger partial charge >= 0.3 is 5.97 Å². The van der Waals surface area contributed by atoms with Gasteiger partial charge in [0, 0.05) is 11.8 Å². The van der Waals surface area contributed by atoms with Crippen LogP contribution >= 0.6 is 11.3 Å². The number of hydrogen-bond donors (Lipinski definition) is 1. The topological polar surface area (TPSA) is 76.0 Å². The van der Waals surface area contributed by atoms with Crippen molar-refractivity contribution in [3.05, 3.63) is 29.7 Å². The van der Waals surface area contributed by atoms with Gasteiger partial charge < -0.3 is 5.11 Å². The molecule has 2 rings (SSSR count). The Morgan fingerprint density at radius 3 is 2.79 bits per heavy atom. The zero-order chi connectivity index (χ0) is 9.97. The standard InChI is InChI=1S/C8H5N3O2S/c12-8(13)7-9-4-6(14-7)5-1-2-10-11-3-5/h1-4H,(H,12,13). The van der Waals surface area contributed by atoms with Gasteiger partial charge in [0.15, 0.2) is 0 Å². The highest BCUT2D eigenvalue weighted by molar-refractivity contribution is 7.16. The van der Waals surface area contributed by atoms with Crippen LogP contribution in [-0.2, 0) is 0 Å². The summed E-state index contributed by atoms with van der Waals surface area (Å²) in [6, 6.07) is 1.76. The van der Waals surface area contributed by atoms with E-state index >= 15 is 0 Å². The van der Waals surface area contributed by atoms with Crippen molar-refractivity contribution in [2.24, 2.45) is 0 Å². The quantitative estimate of drug-likeness (QED) is 0.803. The summed E-state index contributed by atoms with van der Waals surface area (Å²) >= 11 is 1.12. The van der Waals surface area contributed by atoms with E-state index < -0.39 is 5.97 Å². The van der Waals surface area contributed by atoms with E-state index in [2.05, 4.69) is 15.2 Å². The molecule has 0 spiro atoms. The molecule has 0 radical (unpaired) electrons. The minimum atomic E-state index is -1.01. The molecule has 0 amide bonds. The molecule has 2 aromatic heterocycles. The van der Waals surface area contributed by atoms with E-state index in [1.54, 1.807) is 18.5 Å². The third-order valence-corrected chi connectivity index (χ3v) is 2.59. The van der Waals surface area contributed by atoms with Crippen molar-refractivity contribution in [3.8, 4) is 10.4 Å². The van der Waals surface area contributed by atoms with Crippen molar-refractivity contribution in [1.29, 1.82) is 0 Å². The predicted octanol–water partition coefficient (Wildman–Crippen LogP) is 1.30. The molecule has 0 unspecified atom stereocenters. The minimum absolute atomic E-state index is 0.0804. The molecule has 0 atom stereocenters. The summed E-state index contributed by atoms with van der Waals surface area (Å²) in [5.74, 6) is -1.01. The Kier molecular flexibility index (Phi) is 2.19. The van der Waals surface area contributed by atoms with Gasteiger partial charge in [0.2, 0.25) is 5.01 Å². The van der Waals surface area contributed by atoms with E-state index in [9.17, 15) is 4.79 Å². The van der Waals surface area contributed by atoms with Gasteiger partial charge in [-0.05, 0) is 6.07 Å². The SMILES string of the molecule is O=C(O)c1ncc(-c2ccnnc2)s1. The first kappa shape index (κ1) is 8.76. The van der Waals surface area contributed by atoms with Gasteiger partial charge in [0.05, 0.1) is 17.3 Å². The fourth-order valence-corrected chi connectivity index (χ4v) is 1.69. The van der Waals surface area contributed by atoms with Crippen LogP contribution in [0.2, 0.25) is 0 Å². The van der Waals surface area contributed by atoms with Crippen LogP contribution in [0.5, 0.6) is 0 Å². The number of rotatable bonds is 2. The number of carboxylic acid groups (broad SMARTS) is 1. The third kappa shape index (κ3) is 1.60. The van der Waals surface area contributed by atoms with Crippen LogP contribution in [0.3, 0.4) is 0 Å². The average molecular weight is 207 g/mol. The summed E-state index contributed by atoms with van der Waals surface area (Å²) in [6.07, 6.45) is 4.64. The number of thiazole rings is 1. The first-order valence-corrected chi connectivity index (χ1v) is 4.55. The fourth-order valence-electron chi connectivity index (χ4n) is 0.943. The molecular weight excluding hydrogens is 202 g/mol. The van der Waals surface area contributed by atoms with Crippen LogP contribution in [0, 0.1) is 0 Å². The zero-order valence-corrected chi connectivity index (χ0v) is 7.73. The van der Waals surface area contributed by atoms with E-state index in [4.69, 9.17) is 5.11 Å². The van der Waals surface area contributed by atoms with Crippen LogP contribution in [0.1, 0.15) is 9.80 Å². The van der Waals surface area contributed by atoms with Gasteiger partial charge in [-0.2, -0.15) is 10.2 Å². The van der Waals surface area contributed by atoms with Gasteiger partial charge in [0.1, 0.15) is 0 Å². The van der Waals surface area contributed by atoms with Crippen LogP contribution in [0.4, 0.5) is 0 Å². The number of hydrogen-bond acceptors (Lipinski definition) is 5. The number of carbonyl (C=O) groups is 1. The molecule has 6 heteroatoms. The molecule has 5 nitrogen and oxygen atoms in total. The predicted molar refractivity (Wildman–Crippen MR) is 50.1 cm³/mol. The molecule has 70 valence electrons. The summed E-state index contributed by atoms with van der Waals surface area (Å²) in [5.41, 5.74) is 0.824. The van der Waals surface area contributed by atoms with Crippen molar-refractivity contribution in [1.82, 2.24) is 15.2 Å². The molecule has 0 fully saturated rings. The Morgan fingerprint density at radius 2 is 2.21 bits per heavy atom. The van der Waals surface area contributed by atoms with Crippen molar-refractivity contribution in [3.63, 3.8) is 0 Å². The molecule has 2 aromatic rings. The molecule has 1 N–H and O–H groups in total. The third-order valence-electron chi connectivity index (χ3n) is 1.56. The lowest BCUT2D eigenvalue weighted by Gasteiger charge is -1.91. The highest BCUT2D eigenvalue weighted by Crippen LogP contribution is 2.24. The van der Waals surface area contributed by atoms with E-state index in [0.29, 0.717) is 0 Å². The van der Waals surface area contributed by atoms with Gasteiger partial charge in [-0.3, -0.25) is 0 Å². The molecule has 0 aromatic carbocycles. The Morgan fingerprint density at radius 1 is 1.36 bits per heavy atom. The minimum Gasteiger partial charge on any atom is -0.476 e. The van der Waals surface area contributed by atoms with Gasteiger partial charge in [0.25, 0.3) is 0 Å². The first-order valence-electron chi connectivity index (χ1n) is 3.73. The summed E-state index contributed by atoms with van der Waals surface area (Å²) in [6.45, 7) is 0. The van der Waals surface area contributed by atoms with E-state index in [0.717, 1.165) is 21.8 Å². The van der Waals surface area contributed by atoms with E-state index in [1.807, 2.05) is 0 Å². The second kappa shape index (κ2) is 3.51. The van der Waals surface area contributed by atoms with Crippen molar-refractivity contribution in [2.75, 3.05) is 0 Å². The highest BCUT2D eigenvalue weighted by Gasteiger charge is 2.09. The lowest BCUT2D eigenvalue weighted by molar-refractivity contribution is 0.0696. The molecule has 0 saturated carbocycles. The Hall–Kier alpha value is -1.82. The lowest BCUT2D eigenvalue weighted by Crippen LogP contribution is -1.92. The first-order chi connectivity index (χ1) is 6.77. The smallest absolute Gasteiger partial charge is 0.365 e. The van der Waals surface area contributed by atoms with Crippen LogP contribution < -0.4 is 0 Å². The normalized spacial score (nSPS) is 10.0. The molecule has 2 heterocycles. The Balaban J connectivity index is 2.39. The van der Waals surface area contributed by atoms with Crippen molar-refractivity contribution < 1.29 is 9.90 Å². The molecular formula is C8H5N3O2S. The molecule has 0 saturated heterocycles. The number of aromatic carboxylic acids is 1. The molecule has 0 aliphatic rings. The van der Waals surface area contributed by atoms with Gasteiger partial charge in [-0.15, -0.1) is 11.3 Å². The maximum absolute atomic E-state index is 10.6. The second-order valence-electron chi connectivity index (χ2n) is 2.47. The number of nitrogens with zero attached hydrogens (tertiary/aromatic N) is 3. The maximum Gasteiger partial charge on any atom is 0.365 e. The fraction of sp³-hybridized carbons (Fsp3) is 0. The summed E-state index contributed by atoms with van der Waals surface area (Å²) < 4.78 is 0. The average Bonchev–Trinajstić information content (AvgIpc) is 2.68. The molecule has 0 aliphatic carbocycles. The van der Waals surface area contributed by atoms with E-state index in [-0.39, 0.29) is 5.01 Å². The monoisotopic (exact) mass is 207 g/mol. The lowest BCUT2D eigenvalue weighted by atomic mass is 10.3. The van der Waals surface area contributed by atoms with Gasteiger partial charge in [-0.1, -0.05) is 0 Å². The van der Waals surface area contributed by atoms with Gasteiger partial charge in [-0.25, -0.2) is 9.78 Å². The van der Waals surface area contributed by atoms with E-state index in [1.165, 1.54) is 6.20 Å². The Labute approximate surface area is 83.1 Å². The number of aromatic nitrogens is 3. The molecule has 0 aliphatic heterocycles. The summed E-state index contributed by atoms with van der Waals surface area (Å²) in [7, 11) is 0. The molecule has 0 bridgehead atoms. The van der Waals surface area contributed by atoms with Crippen molar-refractivity contribution >= 4 is 17.3 Å². The highest BCUT2D eigenvalue weighted by atomic mass is 32.1. The zero-order valence-electron chi connectivity index (χ0n) is 6.91. The van der Waals surface area contributed by atoms with Crippen LogP contribution in [0.15, 0.2) is 24.7 Å². The van der Waals surface area contributed by atoms with Crippen LogP contribution in [0.25, 0.3) is 10.4 Å². The maximum atomic E-state index is 10.6. The van der Waals surface area contributed by atoms with Crippen LogP contribution in [-0.4, -0.2) is 26.3 Å². The molecule has 14 heavy (non-hydrogen) atoms. The van der Waals surface area contributed by atoms with Crippen molar-refractivity contribution in [2.45, 2.75) is 0 Å². The second-order valence-corrected chi connectivity index (χ2v) is 3.50. The Bertz CT molecular complexity index is 455. The summed E-state index contributed by atoms with van der Waals surface area (Å²) in [5, 5.41) is 16.1. The largest absolute Gasteiger partial charge is 0.476 e. The summed E-state index contributed by atoms with van der Waals surface area (Å²) in [4.78, 5) is 15.1. The number of carboxylic acids is 1.